The average Bonchev–Trinajstić information content (AvgIpc) is 2.60. The van der Waals surface area contributed by atoms with Crippen LogP contribution in [-0.2, 0) is 0 Å². The number of hydrogen-bond acceptors (Lipinski definition) is 6. The van der Waals surface area contributed by atoms with Crippen molar-refractivity contribution in [3.63, 3.8) is 0 Å². The minimum absolute atomic E-state index is 0.0167. The first-order chi connectivity index (χ1) is 13.7. The molecule has 0 aliphatic rings. The van der Waals surface area contributed by atoms with E-state index in [-0.39, 0.29) is 66.1 Å². The minimum Gasteiger partial charge on any atom is -0.508 e. The van der Waals surface area contributed by atoms with E-state index in [0.29, 0.717) is 0 Å². The van der Waals surface area contributed by atoms with Crippen LogP contribution >= 0.6 is 46.4 Å². The van der Waals surface area contributed by atoms with E-state index < -0.39 is 0 Å². The molecule has 0 saturated carbocycles. The average molecular weight is 478 g/mol. The Morgan fingerprint density at radius 3 is 1.17 bits per heavy atom. The van der Waals surface area contributed by atoms with Crippen molar-refractivity contribution in [1.29, 1.82) is 0 Å². The van der Waals surface area contributed by atoms with Gasteiger partial charge in [-0.05, 0) is 0 Å². The fraction of sp³-hybridized carbons (Fsp3) is 0.0526. The lowest BCUT2D eigenvalue weighted by molar-refractivity contribution is 0.348. The van der Waals surface area contributed by atoms with Crippen molar-refractivity contribution in [2.45, 2.75) is 0 Å². The number of aromatic hydroxyl groups is 3. The monoisotopic (exact) mass is 476 g/mol. The molecule has 0 spiro atoms. The summed E-state index contributed by atoms with van der Waals surface area (Å²) in [7, 11) is 1.35. The largest absolute Gasteiger partial charge is 0.508 e. The summed E-state index contributed by atoms with van der Waals surface area (Å²) in [5.74, 6) is -0.350. The fourth-order valence-electron chi connectivity index (χ4n) is 2.42. The molecule has 0 aliphatic carbocycles. The fourth-order valence-corrected chi connectivity index (χ4v) is 3.53. The smallest absolute Gasteiger partial charge is 0.204 e. The highest BCUT2D eigenvalue weighted by atomic mass is 35.5. The van der Waals surface area contributed by atoms with Crippen molar-refractivity contribution >= 4 is 46.4 Å². The van der Waals surface area contributed by atoms with Gasteiger partial charge in [-0.15, -0.1) is 0 Å². The van der Waals surface area contributed by atoms with Gasteiger partial charge in [-0.3, -0.25) is 0 Å². The number of methoxy groups -OCH3 is 1. The lowest BCUT2D eigenvalue weighted by Crippen LogP contribution is -1.96. The molecular weight excluding hydrogens is 466 g/mol. The molecule has 0 amide bonds. The number of phenols is 3. The number of benzene rings is 3. The van der Waals surface area contributed by atoms with Crippen LogP contribution in [0.25, 0.3) is 0 Å². The lowest BCUT2D eigenvalue weighted by Gasteiger charge is -2.17. The van der Waals surface area contributed by atoms with Crippen LogP contribution in [0.1, 0.15) is 0 Å². The van der Waals surface area contributed by atoms with Crippen molar-refractivity contribution in [1.82, 2.24) is 0 Å². The van der Waals surface area contributed by atoms with Gasteiger partial charge in [0, 0.05) is 36.4 Å². The van der Waals surface area contributed by atoms with E-state index in [1.807, 2.05) is 0 Å². The molecule has 3 N–H and O–H groups in total. The summed E-state index contributed by atoms with van der Waals surface area (Å²) in [5.41, 5.74) is 0. The number of ether oxygens (including phenoxy) is 3. The van der Waals surface area contributed by atoms with E-state index in [0.717, 1.165) is 0 Å². The zero-order valence-corrected chi connectivity index (χ0v) is 17.6. The number of rotatable bonds is 5. The Morgan fingerprint density at radius 1 is 0.552 bits per heavy atom. The van der Waals surface area contributed by atoms with Gasteiger partial charge in [0.05, 0.1) is 27.2 Å². The highest BCUT2D eigenvalue weighted by molar-refractivity contribution is 6.38. The second-order valence-corrected chi connectivity index (χ2v) is 7.29. The molecule has 0 radical (unpaired) electrons. The Bertz CT molecular complexity index is 960. The van der Waals surface area contributed by atoms with E-state index in [4.69, 9.17) is 60.6 Å². The molecule has 3 aromatic rings. The summed E-state index contributed by atoms with van der Waals surface area (Å²) in [4.78, 5) is 0. The second kappa shape index (κ2) is 8.55. The van der Waals surface area contributed by atoms with Crippen molar-refractivity contribution in [2.24, 2.45) is 0 Å². The molecule has 0 bridgehead atoms. The topological polar surface area (TPSA) is 88.4 Å². The second-order valence-electron chi connectivity index (χ2n) is 5.66. The molecule has 0 aromatic heterocycles. The minimum atomic E-state index is -0.229. The van der Waals surface area contributed by atoms with Crippen molar-refractivity contribution in [3.05, 3.63) is 56.5 Å². The van der Waals surface area contributed by atoms with Crippen molar-refractivity contribution < 1.29 is 29.5 Å². The molecule has 3 aromatic carbocycles. The Kier molecular flexibility index (Phi) is 6.29. The van der Waals surface area contributed by atoms with E-state index in [2.05, 4.69) is 0 Å². The standard InChI is InChI=1S/C19H12Cl4O6/c1-27-19-15(28-17-11(20)2-8(24)3-12(17)21)6-10(26)7-16(19)29-18-13(22)4-9(25)5-14(18)23/h2-7,24-26H,1H3. The molecule has 0 fully saturated rings. The van der Waals surface area contributed by atoms with Crippen LogP contribution in [0, 0.1) is 0 Å². The quantitative estimate of drug-likeness (QED) is 0.366. The van der Waals surface area contributed by atoms with E-state index in [1.165, 1.54) is 43.5 Å². The maximum absolute atomic E-state index is 10.1. The highest BCUT2D eigenvalue weighted by Gasteiger charge is 2.21. The molecule has 0 atom stereocenters. The molecule has 0 aliphatic heterocycles. The molecule has 10 heteroatoms. The van der Waals surface area contributed by atoms with Crippen LogP contribution in [0.2, 0.25) is 20.1 Å². The van der Waals surface area contributed by atoms with Gasteiger partial charge in [0.1, 0.15) is 17.2 Å². The first kappa shape index (κ1) is 21.3. The van der Waals surface area contributed by atoms with E-state index in [1.54, 1.807) is 0 Å². The Morgan fingerprint density at radius 2 is 0.862 bits per heavy atom. The van der Waals surface area contributed by atoms with Crippen LogP contribution in [-0.4, -0.2) is 22.4 Å². The Labute approximate surface area is 185 Å². The van der Waals surface area contributed by atoms with Crippen LogP contribution in [0.4, 0.5) is 0 Å². The van der Waals surface area contributed by atoms with E-state index >= 15 is 0 Å². The van der Waals surface area contributed by atoms with Gasteiger partial charge in [-0.25, -0.2) is 0 Å². The lowest BCUT2D eigenvalue weighted by atomic mass is 10.2. The van der Waals surface area contributed by atoms with Gasteiger partial charge in [0.2, 0.25) is 5.75 Å². The molecule has 152 valence electrons. The molecule has 0 heterocycles. The summed E-state index contributed by atoms with van der Waals surface area (Å²) in [6.45, 7) is 0. The van der Waals surface area contributed by atoms with Gasteiger partial charge in [0.25, 0.3) is 0 Å². The molecule has 0 unspecified atom stereocenters. The third-order valence-corrected chi connectivity index (χ3v) is 4.72. The van der Waals surface area contributed by atoms with Gasteiger partial charge >= 0.3 is 0 Å². The Balaban J connectivity index is 2.07. The molecule has 29 heavy (non-hydrogen) atoms. The van der Waals surface area contributed by atoms with Crippen molar-refractivity contribution in [2.75, 3.05) is 7.11 Å². The summed E-state index contributed by atoms with van der Waals surface area (Å²) >= 11 is 24.3. The highest BCUT2D eigenvalue weighted by Crippen LogP contribution is 2.49. The van der Waals surface area contributed by atoms with Gasteiger partial charge in [-0.2, -0.15) is 0 Å². The van der Waals surface area contributed by atoms with Crippen molar-refractivity contribution in [3.8, 4) is 46.0 Å². The zero-order valence-electron chi connectivity index (χ0n) is 14.5. The number of hydrogen-bond donors (Lipinski definition) is 3. The van der Waals surface area contributed by atoms with Crippen LogP contribution in [0.15, 0.2) is 36.4 Å². The molecule has 6 nitrogen and oxygen atoms in total. The van der Waals surface area contributed by atoms with Crippen LogP contribution < -0.4 is 14.2 Å². The summed E-state index contributed by atoms with van der Waals surface area (Å²) < 4.78 is 16.8. The number of halogens is 4. The molecule has 3 rings (SSSR count). The van der Waals surface area contributed by atoms with Gasteiger partial charge in [-0.1, -0.05) is 46.4 Å². The summed E-state index contributed by atoms with van der Waals surface area (Å²) in [6.07, 6.45) is 0. The third-order valence-electron chi connectivity index (χ3n) is 3.60. The van der Waals surface area contributed by atoms with Gasteiger partial charge in [0.15, 0.2) is 23.0 Å². The van der Waals surface area contributed by atoms with Crippen LogP contribution in [0.3, 0.4) is 0 Å². The predicted molar refractivity (Wildman–Crippen MR) is 111 cm³/mol. The first-order valence-corrected chi connectivity index (χ1v) is 9.33. The first-order valence-electron chi connectivity index (χ1n) is 7.82. The SMILES string of the molecule is COc1c(Oc2c(Cl)cc(O)cc2Cl)cc(O)cc1Oc1c(Cl)cc(O)cc1Cl. The predicted octanol–water partition coefficient (Wildman–Crippen LogP) is 7.01. The number of phenolic OH excluding ortho intramolecular Hbond substituents is 3. The maximum atomic E-state index is 10.1. The zero-order chi connectivity index (χ0) is 21.3. The van der Waals surface area contributed by atoms with Crippen LogP contribution in [0.5, 0.6) is 46.0 Å². The molecule has 0 saturated heterocycles. The third kappa shape index (κ3) is 4.62. The normalized spacial score (nSPS) is 10.7. The summed E-state index contributed by atoms with van der Waals surface area (Å²) in [5, 5.41) is 29.4. The van der Waals surface area contributed by atoms with Gasteiger partial charge < -0.3 is 29.5 Å². The maximum Gasteiger partial charge on any atom is 0.204 e. The van der Waals surface area contributed by atoms with E-state index in [9.17, 15) is 15.3 Å². The summed E-state index contributed by atoms with van der Waals surface area (Å²) in [6, 6.07) is 7.48. The molecular formula is C19H12Cl4O6. The Hall–Kier alpha value is -2.38.